The monoisotopic (exact) mass is 548 g/mol. The molecule has 7 nitrogen and oxygen atoms in total. The van der Waals surface area contributed by atoms with Gasteiger partial charge in [-0.25, -0.2) is 8.78 Å². The van der Waals surface area contributed by atoms with Gasteiger partial charge in [-0.15, -0.1) is 0 Å². The Kier molecular flexibility index (Phi) is 9.32. The Bertz CT molecular complexity index is 1150. The molecule has 37 heavy (non-hydrogen) atoms. The number of benzene rings is 2. The lowest BCUT2D eigenvalue weighted by Gasteiger charge is -2.41. The minimum absolute atomic E-state index is 0.123. The van der Waals surface area contributed by atoms with Gasteiger partial charge in [-0.05, 0) is 31.2 Å². The summed E-state index contributed by atoms with van der Waals surface area (Å²) in [6.45, 7) is 1.57. The first-order chi connectivity index (χ1) is 17.4. The first kappa shape index (κ1) is 28.6. The zero-order valence-corrected chi connectivity index (χ0v) is 20.6. The number of hydrogen-bond acceptors (Lipinski definition) is 5. The maximum absolute atomic E-state index is 14.7. The van der Waals surface area contributed by atoms with E-state index in [1.54, 1.807) is 17.9 Å². The van der Waals surface area contributed by atoms with Crippen LogP contribution in [0.1, 0.15) is 29.3 Å². The van der Waals surface area contributed by atoms with Crippen LogP contribution in [0.3, 0.4) is 0 Å². The molecule has 1 heterocycles. The van der Waals surface area contributed by atoms with Crippen LogP contribution in [0.4, 0.5) is 33.3 Å². The van der Waals surface area contributed by atoms with Crippen molar-refractivity contribution in [2.24, 2.45) is 0 Å². The van der Waals surface area contributed by atoms with E-state index in [0.29, 0.717) is 30.3 Å². The van der Waals surface area contributed by atoms with Crippen molar-refractivity contribution in [2.45, 2.75) is 32.1 Å². The van der Waals surface area contributed by atoms with Gasteiger partial charge in [0.25, 0.3) is 5.91 Å². The number of aliphatic hydroxyl groups is 1. The normalized spacial score (nSPS) is 16.5. The number of anilines is 2. The smallest absolute Gasteiger partial charge is 0.387 e. The van der Waals surface area contributed by atoms with Crippen molar-refractivity contribution in [1.82, 2.24) is 10.2 Å². The predicted octanol–water partition coefficient (Wildman–Crippen LogP) is 3.94. The second-order valence-electron chi connectivity index (χ2n) is 8.65. The minimum atomic E-state index is -4.25. The number of nitrogens with one attached hydrogen (secondary N) is 2. The standard InChI is InChI=1S/C24H26ClF5N4O3/c1-14-12-34(9-8-33(14)7-6-24(28,29)30)19-10-16(25)3-5-18(19)32-23(37)17-4-2-15(21(26)22(17)27)11-31-20(36)13-35/h2-5,10,14,35H,6-9,11-13H2,1H3,(H,31,36)(H,32,37)/t14-/m0/s1. The molecule has 1 fully saturated rings. The van der Waals surface area contributed by atoms with E-state index in [0.717, 1.165) is 12.1 Å². The molecular weight excluding hydrogens is 523 g/mol. The Morgan fingerprint density at radius 2 is 1.86 bits per heavy atom. The molecule has 0 radical (unpaired) electrons. The molecule has 0 aromatic heterocycles. The number of amides is 2. The lowest BCUT2D eigenvalue weighted by molar-refractivity contribution is -0.139. The molecule has 1 atom stereocenters. The highest BCUT2D eigenvalue weighted by atomic mass is 35.5. The van der Waals surface area contributed by atoms with E-state index in [1.807, 2.05) is 4.90 Å². The summed E-state index contributed by atoms with van der Waals surface area (Å²) in [5.74, 6) is -4.42. The number of carbonyl (C=O) groups is 2. The van der Waals surface area contributed by atoms with Crippen LogP contribution in [0.2, 0.25) is 5.02 Å². The second-order valence-corrected chi connectivity index (χ2v) is 9.08. The second kappa shape index (κ2) is 12.1. The van der Waals surface area contributed by atoms with Gasteiger partial charge in [-0.1, -0.05) is 17.7 Å². The predicted molar refractivity (Wildman–Crippen MR) is 129 cm³/mol. The van der Waals surface area contributed by atoms with Gasteiger partial charge in [0.05, 0.1) is 23.4 Å². The molecule has 2 amide bonds. The summed E-state index contributed by atoms with van der Waals surface area (Å²) in [7, 11) is 0. The van der Waals surface area contributed by atoms with E-state index in [9.17, 15) is 31.5 Å². The van der Waals surface area contributed by atoms with Gasteiger partial charge in [0.15, 0.2) is 11.6 Å². The van der Waals surface area contributed by atoms with Gasteiger partial charge in [0.2, 0.25) is 5.91 Å². The zero-order chi connectivity index (χ0) is 27.3. The number of rotatable bonds is 8. The maximum Gasteiger partial charge on any atom is 0.390 e. The Morgan fingerprint density at radius 1 is 1.14 bits per heavy atom. The van der Waals surface area contributed by atoms with Crippen LogP contribution < -0.4 is 15.5 Å². The summed E-state index contributed by atoms with van der Waals surface area (Å²) >= 11 is 6.15. The zero-order valence-electron chi connectivity index (χ0n) is 19.8. The molecule has 2 aromatic carbocycles. The molecule has 0 aliphatic carbocycles. The minimum Gasteiger partial charge on any atom is -0.387 e. The highest BCUT2D eigenvalue weighted by Gasteiger charge is 2.31. The van der Waals surface area contributed by atoms with Crippen molar-refractivity contribution in [3.05, 3.63) is 58.1 Å². The highest BCUT2D eigenvalue weighted by molar-refractivity contribution is 6.31. The Morgan fingerprint density at radius 3 is 2.51 bits per heavy atom. The van der Waals surface area contributed by atoms with Crippen molar-refractivity contribution in [2.75, 3.05) is 43.0 Å². The van der Waals surface area contributed by atoms with Crippen LogP contribution in [-0.2, 0) is 11.3 Å². The van der Waals surface area contributed by atoms with Crippen molar-refractivity contribution in [1.29, 1.82) is 0 Å². The third-order valence-corrected chi connectivity index (χ3v) is 6.26. The van der Waals surface area contributed by atoms with E-state index in [2.05, 4.69) is 10.6 Å². The van der Waals surface area contributed by atoms with Crippen LogP contribution in [-0.4, -0.2) is 66.8 Å². The van der Waals surface area contributed by atoms with Crippen molar-refractivity contribution < 1.29 is 36.6 Å². The Labute approximate surface area is 215 Å². The summed E-state index contributed by atoms with van der Waals surface area (Å²) in [6.07, 6.45) is -5.16. The molecule has 0 bridgehead atoms. The molecule has 3 rings (SSSR count). The summed E-state index contributed by atoms with van der Waals surface area (Å²) < 4.78 is 67.1. The third-order valence-electron chi connectivity index (χ3n) is 6.02. The molecular formula is C24H26ClF5N4O3. The number of carbonyl (C=O) groups excluding carboxylic acids is 2. The van der Waals surface area contributed by atoms with E-state index in [4.69, 9.17) is 16.7 Å². The summed E-state index contributed by atoms with van der Waals surface area (Å²) in [5, 5.41) is 13.8. The fraction of sp³-hybridized carbons (Fsp3) is 0.417. The molecule has 0 saturated carbocycles. The lowest BCUT2D eigenvalue weighted by atomic mass is 10.1. The van der Waals surface area contributed by atoms with E-state index < -0.39 is 48.2 Å². The number of hydrogen-bond donors (Lipinski definition) is 3. The van der Waals surface area contributed by atoms with Gasteiger partial charge in [-0.2, -0.15) is 13.2 Å². The molecule has 202 valence electrons. The molecule has 1 aliphatic rings. The summed E-state index contributed by atoms with van der Waals surface area (Å²) in [5.41, 5.74) is -0.0155. The average molecular weight is 549 g/mol. The van der Waals surface area contributed by atoms with Crippen molar-refractivity contribution >= 4 is 34.8 Å². The molecule has 1 aliphatic heterocycles. The fourth-order valence-corrected chi connectivity index (χ4v) is 4.20. The van der Waals surface area contributed by atoms with Gasteiger partial charge in [0, 0.05) is 49.4 Å². The number of halogens is 6. The topological polar surface area (TPSA) is 84.9 Å². The number of piperazine rings is 1. The SMILES string of the molecule is C[C@H]1CN(c2cc(Cl)ccc2NC(=O)c2ccc(CNC(=O)CO)c(F)c2F)CCN1CCC(F)(F)F. The van der Waals surface area contributed by atoms with E-state index >= 15 is 0 Å². The average Bonchev–Trinajstić information content (AvgIpc) is 2.84. The Balaban J connectivity index is 1.75. The quantitative estimate of drug-likeness (QED) is 0.435. The molecule has 13 heteroatoms. The number of aliphatic hydroxyl groups excluding tert-OH is 1. The van der Waals surface area contributed by atoms with Gasteiger partial charge in [0.1, 0.15) is 6.61 Å². The van der Waals surface area contributed by atoms with E-state index in [1.165, 1.54) is 12.1 Å². The van der Waals surface area contributed by atoms with E-state index in [-0.39, 0.29) is 30.4 Å². The number of alkyl halides is 3. The van der Waals surface area contributed by atoms with Crippen molar-refractivity contribution in [3.8, 4) is 0 Å². The fourth-order valence-electron chi connectivity index (χ4n) is 4.03. The van der Waals surface area contributed by atoms with Crippen molar-refractivity contribution in [3.63, 3.8) is 0 Å². The molecule has 0 spiro atoms. The van der Waals surface area contributed by atoms with Gasteiger partial charge < -0.3 is 20.6 Å². The van der Waals surface area contributed by atoms with Gasteiger partial charge in [-0.3, -0.25) is 14.5 Å². The Hall–Kier alpha value is -2.96. The molecule has 0 unspecified atom stereocenters. The third kappa shape index (κ3) is 7.53. The summed E-state index contributed by atoms with van der Waals surface area (Å²) in [4.78, 5) is 27.6. The van der Waals surface area contributed by atoms with Crippen LogP contribution in [0.5, 0.6) is 0 Å². The van der Waals surface area contributed by atoms with Crippen LogP contribution >= 0.6 is 11.6 Å². The molecule has 2 aromatic rings. The maximum atomic E-state index is 14.7. The lowest BCUT2D eigenvalue weighted by Crippen LogP contribution is -2.52. The largest absolute Gasteiger partial charge is 0.390 e. The first-order valence-electron chi connectivity index (χ1n) is 11.4. The summed E-state index contributed by atoms with van der Waals surface area (Å²) in [6, 6.07) is 6.60. The molecule has 1 saturated heterocycles. The van der Waals surface area contributed by atoms with Gasteiger partial charge >= 0.3 is 6.18 Å². The molecule has 3 N–H and O–H groups in total. The highest BCUT2D eigenvalue weighted by Crippen LogP contribution is 2.32. The number of nitrogens with zero attached hydrogens (tertiary/aromatic N) is 2. The van der Waals surface area contributed by atoms with Crippen LogP contribution in [0, 0.1) is 11.6 Å². The van der Waals surface area contributed by atoms with Crippen LogP contribution in [0.15, 0.2) is 30.3 Å². The van der Waals surface area contributed by atoms with Crippen LogP contribution in [0.25, 0.3) is 0 Å². The first-order valence-corrected chi connectivity index (χ1v) is 11.8.